The van der Waals surface area contributed by atoms with Crippen LogP contribution in [0.1, 0.15) is 50.9 Å². The van der Waals surface area contributed by atoms with Gasteiger partial charge in [-0.1, -0.05) is 37.3 Å². The van der Waals surface area contributed by atoms with Crippen LogP contribution in [0.3, 0.4) is 0 Å². The maximum Gasteiger partial charge on any atom is 0.338 e. The van der Waals surface area contributed by atoms with Gasteiger partial charge in [-0.3, -0.25) is 4.79 Å². The quantitative estimate of drug-likeness (QED) is 0.643. The van der Waals surface area contributed by atoms with Gasteiger partial charge >= 0.3 is 5.97 Å². The van der Waals surface area contributed by atoms with Gasteiger partial charge < -0.3 is 9.30 Å². The molecule has 1 heterocycles. The van der Waals surface area contributed by atoms with Crippen LogP contribution in [0.4, 0.5) is 0 Å². The number of benzene rings is 2. The molecule has 0 fully saturated rings. The number of carbonyl (C=O) groups excluding carboxylic acids is 2. The number of carbonyl (C=O) groups is 2. The highest BCUT2D eigenvalue weighted by Crippen LogP contribution is 2.37. The Morgan fingerprint density at radius 3 is 2.67 bits per heavy atom. The molecular formula is C23H23NO3. The van der Waals surface area contributed by atoms with Crippen molar-refractivity contribution in [3.63, 3.8) is 0 Å². The van der Waals surface area contributed by atoms with Crippen LogP contribution in [-0.4, -0.2) is 23.4 Å². The number of hydrogen-bond acceptors (Lipinski definition) is 3. The van der Waals surface area contributed by atoms with E-state index in [-0.39, 0.29) is 5.78 Å². The highest BCUT2D eigenvalue weighted by Gasteiger charge is 2.31. The average molecular weight is 361 g/mol. The molecular weight excluding hydrogens is 338 g/mol. The summed E-state index contributed by atoms with van der Waals surface area (Å²) in [6, 6.07) is 13.9. The van der Waals surface area contributed by atoms with Gasteiger partial charge in [-0.2, -0.15) is 0 Å². The van der Waals surface area contributed by atoms with Crippen molar-refractivity contribution in [3.8, 4) is 0 Å². The van der Waals surface area contributed by atoms with Crippen LogP contribution in [-0.2, 0) is 17.7 Å². The molecule has 4 nitrogen and oxygen atoms in total. The summed E-state index contributed by atoms with van der Waals surface area (Å²) in [5.41, 5.74) is 5.57. The molecule has 0 bridgehead atoms. The van der Waals surface area contributed by atoms with E-state index in [0.29, 0.717) is 30.0 Å². The first-order valence-electron chi connectivity index (χ1n) is 9.31. The predicted octanol–water partition coefficient (Wildman–Crippen LogP) is 4.55. The lowest BCUT2D eigenvalue weighted by Crippen LogP contribution is -2.20. The van der Waals surface area contributed by atoms with Gasteiger partial charge in [-0.15, -0.1) is 0 Å². The second-order valence-electron chi connectivity index (χ2n) is 7.46. The number of Topliss-reactive ketones (excluding diaryl/α,β-unsaturated/α-hetero) is 1. The van der Waals surface area contributed by atoms with E-state index in [1.807, 2.05) is 24.3 Å². The molecule has 4 rings (SSSR count). The van der Waals surface area contributed by atoms with Crippen LogP contribution < -0.4 is 0 Å². The Hall–Kier alpha value is -2.88. The molecule has 4 heteroatoms. The fourth-order valence-corrected chi connectivity index (χ4v) is 4.20. The van der Waals surface area contributed by atoms with Gasteiger partial charge in [0.05, 0.1) is 18.2 Å². The first-order chi connectivity index (χ1) is 13.0. The van der Waals surface area contributed by atoms with E-state index < -0.39 is 5.97 Å². The zero-order valence-electron chi connectivity index (χ0n) is 15.9. The molecule has 1 atom stereocenters. The highest BCUT2D eigenvalue weighted by molar-refractivity contribution is 6.16. The normalized spacial score (nSPS) is 16.4. The molecule has 1 aliphatic carbocycles. The number of rotatable bonds is 3. The Morgan fingerprint density at radius 2 is 1.93 bits per heavy atom. The van der Waals surface area contributed by atoms with Gasteiger partial charge in [0.1, 0.15) is 0 Å². The number of ketones is 1. The molecule has 0 saturated carbocycles. The molecule has 0 amide bonds. The molecule has 1 aromatic heterocycles. The van der Waals surface area contributed by atoms with Gasteiger partial charge in [0, 0.05) is 29.6 Å². The lowest BCUT2D eigenvalue weighted by Gasteiger charge is -2.21. The number of fused-ring (bicyclic) bond motifs is 3. The molecule has 2 aromatic carbocycles. The fraction of sp³-hybridized carbons (Fsp3) is 0.304. The molecule has 0 saturated heterocycles. The molecule has 1 aliphatic rings. The average Bonchev–Trinajstić information content (AvgIpc) is 2.96. The maximum absolute atomic E-state index is 12.9. The summed E-state index contributed by atoms with van der Waals surface area (Å²) < 4.78 is 7.19. The zero-order chi connectivity index (χ0) is 19.1. The lowest BCUT2D eigenvalue weighted by molar-refractivity contribution is 0.0603. The first kappa shape index (κ1) is 17.5. The minimum atomic E-state index is -0.400. The summed E-state index contributed by atoms with van der Waals surface area (Å²) in [7, 11) is 1.38. The molecule has 138 valence electrons. The van der Waals surface area contributed by atoms with E-state index in [2.05, 4.69) is 30.5 Å². The lowest BCUT2D eigenvalue weighted by atomic mass is 9.86. The largest absolute Gasteiger partial charge is 0.465 e. The minimum Gasteiger partial charge on any atom is -0.465 e. The smallest absolute Gasteiger partial charge is 0.338 e. The van der Waals surface area contributed by atoms with Crippen LogP contribution in [0.5, 0.6) is 0 Å². The predicted molar refractivity (Wildman–Crippen MR) is 105 cm³/mol. The van der Waals surface area contributed by atoms with E-state index in [1.54, 1.807) is 6.07 Å². The van der Waals surface area contributed by atoms with Crippen LogP contribution in [0, 0.1) is 12.8 Å². The molecule has 1 unspecified atom stereocenters. The summed E-state index contributed by atoms with van der Waals surface area (Å²) >= 11 is 0. The Bertz CT molecular complexity index is 1060. The summed E-state index contributed by atoms with van der Waals surface area (Å²) in [5, 5.41) is 0.741. The zero-order valence-corrected chi connectivity index (χ0v) is 15.9. The number of esters is 1. The van der Waals surface area contributed by atoms with Crippen LogP contribution in [0.25, 0.3) is 10.9 Å². The van der Waals surface area contributed by atoms with Crippen molar-refractivity contribution >= 4 is 22.7 Å². The number of aryl methyl sites for hydroxylation is 1. The second kappa shape index (κ2) is 6.69. The Kier molecular flexibility index (Phi) is 4.34. The standard InChI is InChI=1S/C23H23NO3/c1-14-11-19-22(20(25)12-14)21-17(23(26)27-3)9-6-10-18(21)24(19)13-16-8-5-4-7-15(16)2/h4-10,14H,11-13H2,1-3H3. The van der Waals surface area contributed by atoms with Crippen molar-refractivity contribution < 1.29 is 14.3 Å². The van der Waals surface area contributed by atoms with Gasteiger partial charge in [-0.05, 0) is 42.5 Å². The van der Waals surface area contributed by atoms with Crippen LogP contribution in [0.2, 0.25) is 0 Å². The summed E-state index contributed by atoms with van der Waals surface area (Å²) in [6.07, 6.45) is 1.36. The third-order valence-electron chi connectivity index (χ3n) is 5.55. The Morgan fingerprint density at radius 1 is 1.15 bits per heavy atom. The van der Waals surface area contributed by atoms with E-state index in [4.69, 9.17) is 4.74 Å². The van der Waals surface area contributed by atoms with Crippen molar-refractivity contribution in [2.75, 3.05) is 7.11 Å². The number of hydrogen-bond donors (Lipinski definition) is 0. The van der Waals surface area contributed by atoms with Crippen LogP contribution >= 0.6 is 0 Å². The molecule has 3 aromatic rings. The van der Waals surface area contributed by atoms with Gasteiger partial charge in [0.2, 0.25) is 0 Å². The Balaban J connectivity index is 2.01. The van der Waals surface area contributed by atoms with Gasteiger partial charge in [-0.25, -0.2) is 4.79 Å². The van der Waals surface area contributed by atoms with E-state index >= 15 is 0 Å². The number of aromatic nitrogens is 1. The first-order valence-corrected chi connectivity index (χ1v) is 9.31. The van der Waals surface area contributed by atoms with Crippen molar-refractivity contribution in [3.05, 3.63) is 70.4 Å². The van der Waals surface area contributed by atoms with E-state index in [9.17, 15) is 9.59 Å². The minimum absolute atomic E-state index is 0.119. The maximum atomic E-state index is 12.9. The van der Waals surface area contributed by atoms with Crippen LogP contribution in [0.15, 0.2) is 42.5 Å². The van der Waals surface area contributed by atoms with E-state index in [1.165, 1.54) is 18.2 Å². The molecule has 0 N–H and O–H groups in total. The number of nitrogens with zero attached hydrogens (tertiary/aromatic N) is 1. The summed E-state index contributed by atoms with van der Waals surface area (Å²) in [5.74, 6) is 0.0167. The molecule has 27 heavy (non-hydrogen) atoms. The van der Waals surface area contributed by atoms with E-state index in [0.717, 1.165) is 23.0 Å². The topological polar surface area (TPSA) is 48.3 Å². The van der Waals surface area contributed by atoms with Crippen molar-refractivity contribution in [1.82, 2.24) is 4.57 Å². The van der Waals surface area contributed by atoms with Crippen molar-refractivity contribution in [1.29, 1.82) is 0 Å². The Labute approximate surface area is 158 Å². The van der Waals surface area contributed by atoms with Crippen molar-refractivity contribution in [2.24, 2.45) is 5.92 Å². The molecule has 0 radical (unpaired) electrons. The highest BCUT2D eigenvalue weighted by atomic mass is 16.5. The summed E-state index contributed by atoms with van der Waals surface area (Å²) in [6.45, 7) is 4.89. The molecule has 0 aliphatic heterocycles. The van der Waals surface area contributed by atoms with Gasteiger partial charge in [0.25, 0.3) is 0 Å². The monoisotopic (exact) mass is 361 g/mol. The second-order valence-corrected chi connectivity index (χ2v) is 7.46. The third-order valence-corrected chi connectivity index (χ3v) is 5.55. The third kappa shape index (κ3) is 2.85. The summed E-state index contributed by atoms with van der Waals surface area (Å²) in [4.78, 5) is 25.3. The molecule has 0 spiro atoms. The number of ether oxygens (including phenoxy) is 1. The van der Waals surface area contributed by atoms with Crippen molar-refractivity contribution in [2.45, 2.75) is 33.2 Å². The SMILES string of the molecule is COC(=O)c1cccc2c1c1c(n2Cc2ccccc2C)CC(C)CC1=O. The number of methoxy groups -OCH3 is 1. The van der Waals surface area contributed by atoms with Gasteiger partial charge in [0.15, 0.2) is 5.78 Å². The fourth-order valence-electron chi connectivity index (χ4n) is 4.20.